The van der Waals surface area contributed by atoms with E-state index in [-0.39, 0.29) is 5.41 Å². The van der Waals surface area contributed by atoms with Crippen LogP contribution in [0.5, 0.6) is 0 Å². The molecular weight excluding hydrogens is 414 g/mol. The molecule has 0 aliphatic carbocycles. The Kier molecular flexibility index (Phi) is 4.05. The molecule has 3 heterocycles. The van der Waals surface area contributed by atoms with E-state index in [0.29, 0.717) is 0 Å². The van der Waals surface area contributed by atoms with Crippen molar-refractivity contribution in [1.82, 2.24) is 4.98 Å². The van der Waals surface area contributed by atoms with E-state index < -0.39 is 0 Å². The van der Waals surface area contributed by atoms with Crippen LogP contribution < -0.4 is 0 Å². The molecule has 0 fully saturated rings. The van der Waals surface area contributed by atoms with Gasteiger partial charge < -0.3 is 0 Å². The first-order valence-electron chi connectivity index (χ1n) is 10.6. The molecule has 0 bridgehead atoms. The van der Waals surface area contributed by atoms with Gasteiger partial charge in [-0.2, -0.15) is 0 Å². The Morgan fingerprint density at radius 2 is 1.68 bits per heavy atom. The third kappa shape index (κ3) is 2.84. The Bertz CT molecular complexity index is 1630. The Labute approximate surface area is 190 Å². The van der Waals surface area contributed by atoms with Gasteiger partial charge in [0.1, 0.15) is 0 Å². The summed E-state index contributed by atoms with van der Waals surface area (Å²) in [5.74, 6) is 0. The molecule has 0 amide bonds. The van der Waals surface area contributed by atoms with Crippen LogP contribution in [0.25, 0.3) is 52.3 Å². The van der Waals surface area contributed by atoms with Crippen LogP contribution >= 0.6 is 22.7 Å². The Hall–Kier alpha value is -2.75. The third-order valence-corrected chi connectivity index (χ3v) is 8.47. The van der Waals surface area contributed by atoms with Crippen molar-refractivity contribution < 1.29 is 0 Å². The zero-order chi connectivity index (χ0) is 21.3. The highest BCUT2D eigenvalue weighted by Gasteiger charge is 2.21. The van der Waals surface area contributed by atoms with Crippen LogP contribution in [-0.2, 0) is 5.41 Å². The molecule has 3 aromatic heterocycles. The van der Waals surface area contributed by atoms with E-state index in [0.717, 1.165) is 5.69 Å². The van der Waals surface area contributed by atoms with Gasteiger partial charge in [0.25, 0.3) is 0 Å². The molecule has 0 saturated carbocycles. The van der Waals surface area contributed by atoms with Crippen molar-refractivity contribution in [2.45, 2.75) is 33.1 Å². The molecule has 0 spiro atoms. The summed E-state index contributed by atoms with van der Waals surface area (Å²) in [5.41, 5.74) is 5.09. The maximum atomic E-state index is 4.93. The zero-order valence-corrected chi connectivity index (χ0v) is 19.7. The predicted molar refractivity (Wildman–Crippen MR) is 139 cm³/mol. The van der Waals surface area contributed by atoms with Crippen LogP contribution in [0.2, 0.25) is 0 Å². The minimum absolute atomic E-state index is 0.0557. The maximum absolute atomic E-state index is 4.93. The molecule has 0 atom stereocenters. The van der Waals surface area contributed by atoms with E-state index in [4.69, 9.17) is 4.98 Å². The number of aromatic nitrogens is 1. The second-order valence-electron chi connectivity index (χ2n) is 9.36. The summed E-state index contributed by atoms with van der Waals surface area (Å²) in [6.07, 6.45) is 1.97. The van der Waals surface area contributed by atoms with E-state index in [1.807, 2.05) is 28.9 Å². The van der Waals surface area contributed by atoms with Gasteiger partial charge in [0.15, 0.2) is 0 Å². The lowest BCUT2D eigenvalue weighted by atomic mass is 9.82. The van der Waals surface area contributed by atoms with Gasteiger partial charge in [0, 0.05) is 42.0 Å². The van der Waals surface area contributed by atoms with Crippen molar-refractivity contribution in [3.8, 4) is 11.3 Å². The lowest BCUT2D eigenvalue weighted by Gasteiger charge is -2.23. The summed E-state index contributed by atoms with van der Waals surface area (Å²) in [6, 6.07) is 20.1. The molecule has 1 nitrogen and oxygen atoms in total. The Morgan fingerprint density at radius 3 is 2.52 bits per heavy atom. The monoisotopic (exact) mass is 437 g/mol. The normalized spacial score (nSPS) is 12.5. The van der Waals surface area contributed by atoms with Crippen LogP contribution in [-0.4, -0.2) is 4.98 Å². The SMILES string of the molecule is Cc1csc2ccc3c(sc4ccnc(-c5cc(C(C)(C)C)c6ccccc6c5)c43)c12. The molecule has 152 valence electrons. The third-order valence-electron chi connectivity index (χ3n) is 6.21. The molecule has 0 N–H and O–H groups in total. The van der Waals surface area contributed by atoms with E-state index >= 15 is 0 Å². The van der Waals surface area contributed by atoms with E-state index in [2.05, 4.69) is 87.7 Å². The minimum Gasteiger partial charge on any atom is -0.256 e. The smallest absolute Gasteiger partial charge is 0.0795 e. The average molecular weight is 438 g/mol. The van der Waals surface area contributed by atoms with Gasteiger partial charge in [-0.1, -0.05) is 51.1 Å². The molecule has 6 rings (SSSR count). The summed E-state index contributed by atoms with van der Waals surface area (Å²) in [7, 11) is 0. The first-order valence-corrected chi connectivity index (χ1v) is 12.3. The fourth-order valence-electron chi connectivity index (χ4n) is 4.74. The van der Waals surface area contributed by atoms with Crippen LogP contribution in [0.1, 0.15) is 31.9 Å². The standard InChI is InChI=1S/C28H23NS2/c1-16-15-30-22-10-9-20-25-23(31-27(20)24(16)22)11-12-29-26(25)18-13-17-7-5-6-8-19(17)21(14-18)28(2,3)4/h5-15H,1-4H3. The van der Waals surface area contributed by atoms with Gasteiger partial charge in [0.05, 0.1) is 5.69 Å². The molecule has 0 saturated heterocycles. The summed E-state index contributed by atoms with van der Waals surface area (Å²) in [6.45, 7) is 9.11. The summed E-state index contributed by atoms with van der Waals surface area (Å²) >= 11 is 3.74. The quantitative estimate of drug-likeness (QED) is 0.250. The Morgan fingerprint density at radius 1 is 0.839 bits per heavy atom. The van der Waals surface area contributed by atoms with Crippen molar-refractivity contribution in [3.63, 3.8) is 0 Å². The molecule has 0 aliphatic heterocycles. The first kappa shape index (κ1) is 19.0. The lowest BCUT2D eigenvalue weighted by Crippen LogP contribution is -2.12. The number of benzene rings is 3. The van der Waals surface area contributed by atoms with Crippen LogP contribution in [0.4, 0.5) is 0 Å². The maximum Gasteiger partial charge on any atom is 0.0795 e. The van der Waals surface area contributed by atoms with Gasteiger partial charge in [-0.15, -0.1) is 22.7 Å². The second-order valence-corrected chi connectivity index (χ2v) is 11.3. The minimum atomic E-state index is 0.0557. The van der Waals surface area contributed by atoms with Crippen molar-refractivity contribution in [3.05, 3.63) is 77.3 Å². The average Bonchev–Trinajstić information content (AvgIpc) is 3.32. The summed E-state index contributed by atoms with van der Waals surface area (Å²) in [4.78, 5) is 4.93. The molecule has 6 aromatic rings. The topological polar surface area (TPSA) is 12.9 Å². The van der Waals surface area contributed by atoms with Gasteiger partial charge in [-0.3, -0.25) is 4.98 Å². The number of thiophene rings is 2. The van der Waals surface area contributed by atoms with Crippen molar-refractivity contribution in [1.29, 1.82) is 0 Å². The van der Waals surface area contributed by atoms with Crippen LogP contribution in [0, 0.1) is 6.92 Å². The lowest BCUT2D eigenvalue weighted by molar-refractivity contribution is 0.596. The number of hydrogen-bond donors (Lipinski definition) is 0. The molecular formula is C28H23NS2. The van der Waals surface area contributed by atoms with Crippen molar-refractivity contribution in [2.75, 3.05) is 0 Å². The molecule has 0 aliphatic rings. The highest BCUT2D eigenvalue weighted by Crippen LogP contribution is 2.45. The van der Waals surface area contributed by atoms with Gasteiger partial charge in [-0.25, -0.2) is 0 Å². The van der Waals surface area contributed by atoms with Crippen molar-refractivity contribution in [2.24, 2.45) is 0 Å². The van der Waals surface area contributed by atoms with Crippen molar-refractivity contribution >= 4 is 63.7 Å². The molecule has 0 unspecified atom stereocenters. The van der Waals surface area contributed by atoms with E-state index in [1.165, 1.54) is 57.7 Å². The van der Waals surface area contributed by atoms with Gasteiger partial charge >= 0.3 is 0 Å². The number of aryl methyl sites for hydroxylation is 1. The molecule has 31 heavy (non-hydrogen) atoms. The number of pyridine rings is 1. The molecule has 3 heteroatoms. The molecule has 3 aromatic carbocycles. The molecule has 0 radical (unpaired) electrons. The number of rotatable bonds is 1. The zero-order valence-electron chi connectivity index (χ0n) is 18.1. The van der Waals surface area contributed by atoms with Gasteiger partial charge in [-0.05, 0) is 63.9 Å². The highest BCUT2D eigenvalue weighted by molar-refractivity contribution is 7.27. The first-order chi connectivity index (χ1) is 14.9. The number of fused-ring (bicyclic) bond motifs is 6. The van der Waals surface area contributed by atoms with Crippen LogP contribution in [0.15, 0.2) is 66.2 Å². The fraction of sp³-hybridized carbons (Fsp3) is 0.179. The number of hydrogen-bond acceptors (Lipinski definition) is 3. The van der Waals surface area contributed by atoms with E-state index in [9.17, 15) is 0 Å². The summed E-state index contributed by atoms with van der Waals surface area (Å²) in [5, 5.41) is 8.89. The van der Waals surface area contributed by atoms with Gasteiger partial charge in [0.2, 0.25) is 0 Å². The van der Waals surface area contributed by atoms with Crippen LogP contribution in [0.3, 0.4) is 0 Å². The number of nitrogens with zero attached hydrogens (tertiary/aromatic N) is 1. The predicted octanol–water partition coefficient (Wildman–Crippen LogP) is 9.09. The fourth-order valence-corrected chi connectivity index (χ4v) is 7.06. The summed E-state index contributed by atoms with van der Waals surface area (Å²) < 4.78 is 4.06. The second kappa shape index (κ2) is 6.62. The Balaban J connectivity index is 1.73. The largest absolute Gasteiger partial charge is 0.256 e. The van der Waals surface area contributed by atoms with E-state index in [1.54, 1.807) is 0 Å². The highest BCUT2D eigenvalue weighted by atomic mass is 32.1.